The molecule has 1 amide bonds. The summed E-state index contributed by atoms with van der Waals surface area (Å²) in [6.45, 7) is 2.44. The highest BCUT2D eigenvalue weighted by atomic mass is 19.1. The number of carbonyl (C=O) groups excluding carboxylic acids is 2. The molecule has 0 heterocycles. The minimum atomic E-state index is -0.387. The summed E-state index contributed by atoms with van der Waals surface area (Å²) in [4.78, 5) is 26.4. The molecule has 0 unspecified atom stereocenters. The van der Waals surface area contributed by atoms with E-state index in [1.165, 1.54) is 24.3 Å². The summed E-state index contributed by atoms with van der Waals surface area (Å²) >= 11 is 0. The number of ether oxygens (including phenoxy) is 1. The fourth-order valence-electron chi connectivity index (χ4n) is 2.86. The van der Waals surface area contributed by atoms with E-state index in [2.05, 4.69) is 0 Å². The number of hydrogen-bond donors (Lipinski definition) is 0. The van der Waals surface area contributed by atoms with Gasteiger partial charge in [0, 0.05) is 24.7 Å². The third-order valence-electron chi connectivity index (χ3n) is 4.68. The molecule has 0 radical (unpaired) electrons. The summed E-state index contributed by atoms with van der Waals surface area (Å²) < 4.78 is 18.6. The lowest BCUT2D eigenvalue weighted by molar-refractivity contribution is -0.132. The lowest BCUT2D eigenvalue weighted by Crippen LogP contribution is -2.31. The summed E-state index contributed by atoms with van der Waals surface area (Å²) in [6, 6.07) is 19.9. The molecule has 29 heavy (non-hydrogen) atoms. The minimum Gasteiger partial charge on any atom is -0.484 e. The Balaban J connectivity index is 1.55. The molecule has 0 aromatic heterocycles. The summed E-state index contributed by atoms with van der Waals surface area (Å²) in [7, 11) is 1.74. The number of nitrogens with zero attached hydrogens (tertiary/aromatic N) is 1. The molecule has 0 N–H and O–H groups in total. The first kappa shape index (κ1) is 20.3. The Kier molecular flexibility index (Phi) is 6.39. The molecule has 0 atom stereocenters. The number of carbonyl (C=O) groups is 2. The average molecular weight is 391 g/mol. The Labute approximate surface area is 169 Å². The van der Waals surface area contributed by atoms with Gasteiger partial charge < -0.3 is 9.64 Å². The van der Waals surface area contributed by atoms with E-state index in [0.29, 0.717) is 23.4 Å². The average Bonchev–Trinajstić information content (AvgIpc) is 2.74. The van der Waals surface area contributed by atoms with Crippen molar-refractivity contribution in [1.29, 1.82) is 0 Å². The standard InChI is InChI=1S/C24H22FNO3/c1-17-5-3-4-6-20(17)15-26(2)23(27)16-29-22-13-9-19(10-14-22)24(28)18-7-11-21(25)12-8-18/h3-14H,15-16H2,1-2H3. The van der Waals surface area contributed by atoms with E-state index < -0.39 is 0 Å². The molecule has 0 aliphatic heterocycles. The van der Waals surface area contributed by atoms with Gasteiger partial charge in [-0.05, 0) is 66.6 Å². The second kappa shape index (κ2) is 9.15. The van der Waals surface area contributed by atoms with Gasteiger partial charge in [-0.2, -0.15) is 0 Å². The number of aryl methyl sites for hydroxylation is 1. The zero-order valence-electron chi connectivity index (χ0n) is 16.4. The Morgan fingerprint density at radius 2 is 1.48 bits per heavy atom. The molecule has 0 bridgehead atoms. The monoisotopic (exact) mass is 391 g/mol. The third kappa shape index (κ3) is 5.29. The quantitative estimate of drug-likeness (QED) is 0.561. The lowest BCUT2D eigenvalue weighted by Gasteiger charge is -2.18. The molecule has 0 spiro atoms. The van der Waals surface area contributed by atoms with Crippen LogP contribution in [0.1, 0.15) is 27.0 Å². The second-order valence-corrected chi connectivity index (χ2v) is 6.83. The maximum Gasteiger partial charge on any atom is 0.260 e. The van der Waals surface area contributed by atoms with Gasteiger partial charge in [-0.15, -0.1) is 0 Å². The molecular formula is C24H22FNO3. The summed E-state index contributed by atoms with van der Waals surface area (Å²) in [6.07, 6.45) is 0. The smallest absolute Gasteiger partial charge is 0.260 e. The summed E-state index contributed by atoms with van der Waals surface area (Å²) in [5.41, 5.74) is 3.10. The van der Waals surface area contributed by atoms with Gasteiger partial charge >= 0.3 is 0 Å². The zero-order valence-corrected chi connectivity index (χ0v) is 16.4. The molecule has 5 heteroatoms. The number of hydrogen-bond acceptors (Lipinski definition) is 3. The van der Waals surface area contributed by atoms with Gasteiger partial charge in [-0.3, -0.25) is 9.59 Å². The van der Waals surface area contributed by atoms with Crippen LogP contribution in [0.4, 0.5) is 4.39 Å². The Bertz CT molecular complexity index is 997. The number of amides is 1. The van der Waals surface area contributed by atoms with Gasteiger partial charge in [0.1, 0.15) is 11.6 Å². The van der Waals surface area contributed by atoms with Crippen molar-refractivity contribution < 1.29 is 18.7 Å². The van der Waals surface area contributed by atoms with E-state index in [4.69, 9.17) is 4.74 Å². The van der Waals surface area contributed by atoms with Crippen LogP contribution in [0.3, 0.4) is 0 Å². The fraction of sp³-hybridized carbons (Fsp3) is 0.167. The molecule has 148 valence electrons. The normalized spacial score (nSPS) is 10.4. The van der Waals surface area contributed by atoms with Crippen molar-refractivity contribution in [1.82, 2.24) is 4.90 Å². The molecule has 3 aromatic carbocycles. The van der Waals surface area contributed by atoms with Crippen LogP contribution < -0.4 is 4.74 Å². The number of benzene rings is 3. The van der Waals surface area contributed by atoms with Crippen molar-refractivity contribution in [3.8, 4) is 5.75 Å². The van der Waals surface area contributed by atoms with Crippen molar-refractivity contribution in [3.63, 3.8) is 0 Å². The van der Waals surface area contributed by atoms with Gasteiger partial charge in [-0.1, -0.05) is 24.3 Å². The van der Waals surface area contributed by atoms with Crippen molar-refractivity contribution in [2.45, 2.75) is 13.5 Å². The van der Waals surface area contributed by atoms with Gasteiger partial charge in [0.25, 0.3) is 5.91 Å². The maximum atomic E-state index is 13.0. The molecular weight excluding hydrogens is 369 g/mol. The Hall–Kier alpha value is -3.47. The number of likely N-dealkylation sites (N-methyl/N-ethyl adjacent to an activating group) is 1. The molecule has 0 saturated heterocycles. The van der Waals surface area contributed by atoms with E-state index >= 15 is 0 Å². The maximum absolute atomic E-state index is 13.0. The third-order valence-corrected chi connectivity index (χ3v) is 4.68. The molecule has 0 saturated carbocycles. The number of rotatable bonds is 7. The van der Waals surface area contributed by atoms with Crippen LogP contribution >= 0.6 is 0 Å². The van der Waals surface area contributed by atoms with Crippen LogP contribution in [0.15, 0.2) is 72.8 Å². The highest BCUT2D eigenvalue weighted by Crippen LogP contribution is 2.16. The van der Waals surface area contributed by atoms with E-state index in [1.54, 1.807) is 36.2 Å². The SMILES string of the molecule is Cc1ccccc1CN(C)C(=O)COc1ccc(C(=O)c2ccc(F)cc2)cc1. The predicted octanol–water partition coefficient (Wildman–Crippen LogP) is 4.40. The highest BCUT2D eigenvalue weighted by Gasteiger charge is 2.12. The van der Waals surface area contributed by atoms with Crippen LogP contribution in [0.2, 0.25) is 0 Å². The van der Waals surface area contributed by atoms with Crippen molar-refractivity contribution in [3.05, 3.63) is 101 Å². The molecule has 3 rings (SSSR count). The van der Waals surface area contributed by atoms with Crippen LogP contribution in [-0.2, 0) is 11.3 Å². The van der Waals surface area contributed by atoms with Crippen LogP contribution in [0, 0.1) is 12.7 Å². The number of halogens is 1. The topological polar surface area (TPSA) is 46.6 Å². The first-order valence-electron chi connectivity index (χ1n) is 9.25. The largest absolute Gasteiger partial charge is 0.484 e. The van der Waals surface area contributed by atoms with Crippen LogP contribution in [0.5, 0.6) is 5.75 Å². The van der Waals surface area contributed by atoms with Crippen LogP contribution in [-0.4, -0.2) is 30.2 Å². The molecule has 0 aliphatic carbocycles. The minimum absolute atomic E-state index is 0.0896. The molecule has 0 fully saturated rings. The zero-order chi connectivity index (χ0) is 20.8. The Morgan fingerprint density at radius 3 is 2.10 bits per heavy atom. The second-order valence-electron chi connectivity index (χ2n) is 6.83. The summed E-state index contributed by atoms with van der Waals surface area (Å²) in [5.74, 6) is -0.231. The Morgan fingerprint density at radius 1 is 0.897 bits per heavy atom. The lowest BCUT2D eigenvalue weighted by atomic mass is 10.0. The summed E-state index contributed by atoms with van der Waals surface area (Å²) in [5, 5.41) is 0. The van der Waals surface area contributed by atoms with Gasteiger partial charge in [0.2, 0.25) is 0 Å². The fourth-order valence-corrected chi connectivity index (χ4v) is 2.86. The van der Waals surface area contributed by atoms with E-state index in [-0.39, 0.29) is 24.1 Å². The first-order valence-corrected chi connectivity index (χ1v) is 9.25. The molecule has 4 nitrogen and oxygen atoms in total. The van der Waals surface area contributed by atoms with E-state index in [0.717, 1.165) is 11.1 Å². The van der Waals surface area contributed by atoms with E-state index in [1.807, 2.05) is 31.2 Å². The predicted molar refractivity (Wildman–Crippen MR) is 109 cm³/mol. The van der Waals surface area contributed by atoms with Crippen molar-refractivity contribution in [2.75, 3.05) is 13.7 Å². The number of ketones is 1. The van der Waals surface area contributed by atoms with Crippen molar-refractivity contribution >= 4 is 11.7 Å². The van der Waals surface area contributed by atoms with Gasteiger partial charge in [-0.25, -0.2) is 4.39 Å². The van der Waals surface area contributed by atoms with Gasteiger partial charge in [0.15, 0.2) is 12.4 Å². The van der Waals surface area contributed by atoms with E-state index in [9.17, 15) is 14.0 Å². The van der Waals surface area contributed by atoms with Crippen molar-refractivity contribution in [2.24, 2.45) is 0 Å². The first-order chi connectivity index (χ1) is 13.9. The highest BCUT2D eigenvalue weighted by molar-refractivity contribution is 6.09. The van der Waals surface area contributed by atoms with Crippen LogP contribution in [0.25, 0.3) is 0 Å². The molecule has 3 aromatic rings. The molecule has 0 aliphatic rings. The van der Waals surface area contributed by atoms with Gasteiger partial charge in [0.05, 0.1) is 0 Å².